The molecule has 194 valence electrons. The summed E-state index contributed by atoms with van der Waals surface area (Å²) in [7, 11) is 1.54. The third-order valence-electron chi connectivity index (χ3n) is 5.98. The number of fused-ring (bicyclic) bond motifs is 1. The zero-order valence-corrected chi connectivity index (χ0v) is 20.5. The van der Waals surface area contributed by atoms with Crippen LogP contribution < -0.4 is 16.9 Å². The lowest BCUT2D eigenvalue weighted by molar-refractivity contribution is -0.137. The molecule has 4 aromatic rings. The van der Waals surface area contributed by atoms with E-state index in [1.165, 1.54) is 29.8 Å². The Hall–Kier alpha value is -4.06. The van der Waals surface area contributed by atoms with Crippen LogP contribution in [0.15, 0.2) is 57.0 Å². The van der Waals surface area contributed by atoms with E-state index >= 15 is 0 Å². The smallest absolute Gasteiger partial charge is 0.417 e. The van der Waals surface area contributed by atoms with E-state index in [2.05, 4.69) is 0 Å². The van der Waals surface area contributed by atoms with Gasteiger partial charge in [0.15, 0.2) is 0 Å². The van der Waals surface area contributed by atoms with Crippen LogP contribution in [0.25, 0.3) is 16.7 Å². The molecule has 0 radical (unpaired) electrons. The number of carboxylic acid groups (broad SMARTS) is 1. The lowest BCUT2D eigenvalue weighted by Crippen LogP contribution is -2.42. The number of nitrogens with zero attached hydrogens (tertiary/aromatic N) is 4. The molecule has 4 rings (SSSR count). The van der Waals surface area contributed by atoms with Crippen molar-refractivity contribution < 1.29 is 23.1 Å². The Morgan fingerprint density at radius 1 is 1.05 bits per heavy atom. The molecule has 1 N–H and O–H groups in total. The number of aromatic nitrogens is 4. The Morgan fingerprint density at radius 2 is 1.73 bits per heavy atom. The lowest BCUT2D eigenvalue weighted by Gasteiger charge is -2.15. The minimum Gasteiger partial charge on any atom is -0.477 e. The maximum absolute atomic E-state index is 13.4. The summed E-state index contributed by atoms with van der Waals surface area (Å²) in [6.45, 7) is 2.95. The molecule has 9 nitrogen and oxygen atoms in total. The fourth-order valence-corrected chi connectivity index (χ4v) is 4.46. The van der Waals surface area contributed by atoms with Crippen LogP contribution in [0.1, 0.15) is 41.4 Å². The predicted molar refractivity (Wildman–Crippen MR) is 130 cm³/mol. The monoisotopic (exact) mass is 536 g/mol. The van der Waals surface area contributed by atoms with E-state index in [-0.39, 0.29) is 23.0 Å². The highest BCUT2D eigenvalue weighted by Crippen LogP contribution is 2.36. The average Bonchev–Trinajstić information content (AvgIpc) is 3.06. The van der Waals surface area contributed by atoms with Crippen LogP contribution >= 0.6 is 11.6 Å². The van der Waals surface area contributed by atoms with Crippen LogP contribution in [-0.2, 0) is 19.8 Å². The molecule has 0 spiro atoms. The van der Waals surface area contributed by atoms with E-state index in [9.17, 15) is 37.5 Å². The van der Waals surface area contributed by atoms with Crippen molar-refractivity contribution in [2.45, 2.75) is 32.6 Å². The molecule has 2 heterocycles. The van der Waals surface area contributed by atoms with E-state index in [4.69, 9.17) is 11.6 Å². The van der Waals surface area contributed by atoms with E-state index in [1.54, 1.807) is 10.6 Å². The summed E-state index contributed by atoms with van der Waals surface area (Å²) >= 11 is 5.94. The summed E-state index contributed by atoms with van der Waals surface area (Å²) in [6.07, 6.45) is -3.94. The Labute approximate surface area is 211 Å². The van der Waals surface area contributed by atoms with Gasteiger partial charge in [-0.1, -0.05) is 23.7 Å². The van der Waals surface area contributed by atoms with Crippen LogP contribution in [0.4, 0.5) is 13.2 Å². The van der Waals surface area contributed by atoms with Crippen LogP contribution in [-0.4, -0.2) is 29.3 Å². The number of aromatic carboxylic acids is 1. The number of rotatable bonds is 5. The van der Waals surface area contributed by atoms with Crippen molar-refractivity contribution in [3.63, 3.8) is 0 Å². The summed E-state index contributed by atoms with van der Waals surface area (Å²) in [6, 6.07) is 7.40. The molecule has 0 amide bonds. The minimum atomic E-state index is -4.78. The molecule has 0 aliphatic heterocycles. The van der Waals surface area contributed by atoms with Gasteiger partial charge in [-0.05, 0) is 43.7 Å². The molecular weight excluding hydrogens is 517 g/mol. The zero-order chi connectivity index (χ0) is 27.4. The number of benzene rings is 2. The third kappa shape index (κ3) is 4.37. The highest BCUT2D eigenvalue weighted by atomic mass is 35.5. The maximum atomic E-state index is 13.4. The number of aryl methyl sites for hydroxylation is 1. The third-order valence-corrected chi connectivity index (χ3v) is 6.43. The first-order valence-corrected chi connectivity index (χ1v) is 11.3. The first-order chi connectivity index (χ1) is 17.2. The van der Waals surface area contributed by atoms with Gasteiger partial charge in [-0.15, -0.1) is 0 Å². The molecule has 37 heavy (non-hydrogen) atoms. The number of alkyl halides is 3. The second-order valence-corrected chi connectivity index (χ2v) is 9.02. The molecule has 0 bridgehead atoms. The summed E-state index contributed by atoms with van der Waals surface area (Å²) in [5.74, 6) is -1.64. The Morgan fingerprint density at radius 3 is 2.32 bits per heavy atom. The van der Waals surface area contributed by atoms with Crippen molar-refractivity contribution in [2.75, 3.05) is 0 Å². The summed E-state index contributed by atoms with van der Waals surface area (Å²) in [5, 5.41) is 8.88. The molecule has 0 saturated carbocycles. The van der Waals surface area contributed by atoms with Gasteiger partial charge in [0.2, 0.25) is 0 Å². The topological polar surface area (TPSA) is 108 Å². The SMILES string of the molecule is CC(C)n1c(=O)n(C)c2cc(-n3cc(C(=O)O)c(=O)n(Cc4cccc(C(F)(F)F)c4Cl)c3=O)ccc21. The van der Waals surface area contributed by atoms with Gasteiger partial charge < -0.3 is 5.11 Å². The van der Waals surface area contributed by atoms with Crippen molar-refractivity contribution in [2.24, 2.45) is 7.05 Å². The van der Waals surface area contributed by atoms with Gasteiger partial charge in [0.05, 0.1) is 33.9 Å². The molecule has 0 unspecified atom stereocenters. The van der Waals surface area contributed by atoms with Crippen LogP contribution in [0.3, 0.4) is 0 Å². The largest absolute Gasteiger partial charge is 0.477 e. The molecule has 13 heteroatoms. The molecule has 0 aliphatic rings. The van der Waals surface area contributed by atoms with E-state index in [0.29, 0.717) is 15.6 Å². The molecule has 2 aromatic carbocycles. The van der Waals surface area contributed by atoms with Crippen molar-refractivity contribution in [3.8, 4) is 5.69 Å². The second-order valence-electron chi connectivity index (χ2n) is 8.65. The number of carboxylic acids is 1. The standard InChI is InChI=1S/C24H20ClF3N4O5/c1-12(2)32-17-8-7-14(9-18(17)29(3)22(32)36)30-11-15(21(34)35)20(33)31(23(30)37)10-13-5-4-6-16(19(13)25)24(26,27)28/h4-9,11-12H,10H2,1-3H3,(H,34,35). The van der Waals surface area contributed by atoms with Crippen molar-refractivity contribution in [1.29, 1.82) is 0 Å². The lowest BCUT2D eigenvalue weighted by atomic mass is 10.1. The number of hydrogen-bond acceptors (Lipinski definition) is 4. The predicted octanol–water partition coefficient (Wildman–Crippen LogP) is 3.65. The Kier molecular flexibility index (Phi) is 6.40. The van der Waals surface area contributed by atoms with Crippen molar-refractivity contribution >= 4 is 28.6 Å². The van der Waals surface area contributed by atoms with Crippen LogP contribution in [0, 0.1) is 0 Å². The molecule has 0 atom stereocenters. The molecule has 2 aromatic heterocycles. The van der Waals surface area contributed by atoms with Gasteiger partial charge in [-0.2, -0.15) is 13.2 Å². The molecule has 0 fully saturated rings. The fraction of sp³-hybridized carbons (Fsp3) is 0.250. The van der Waals surface area contributed by atoms with Gasteiger partial charge in [0.25, 0.3) is 5.56 Å². The summed E-state index contributed by atoms with van der Waals surface area (Å²) in [5.41, 5.74) is -3.49. The van der Waals surface area contributed by atoms with Gasteiger partial charge in [0, 0.05) is 19.3 Å². The molecule has 0 saturated heterocycles. The highest BCUT2D eigenvalue weighted by Gasteiger charge is 2.34. The molecule has 0 aliphatic carbocycles. The van der Waals surface area contributed by atoms with Gasteiger partial charge in [-0.25, -0.2) is 14.4 Å². The first-order valence-electron chi connectivity index (χ1n) is 10.9. The Balaban J connectivity index is 1.96. The second kappa shape index (κ2) is 9.11. The van der Waals surface area contributed by atoms with E-state index in [0.717, 1.165) is 22.9 Å². The average molecular weight is 537 g/mol. The van der Waals surface area contributed by atoms with Crippen molar-refractivity contribution in [3.05, 3.63) is 95.6 Å². The van der Waals surface area contributed by atoms with E-state index < -0.39 is 46.1 Å². The van der Waals surface area contributed by atoms with Crippen molar-refractivity contribution in [1.82, 2.24) is 18.3 Å². The number of imidazole rings is 1. The Bertz CT molecular complexity index is 1740. The van der Waals surface area contributed by atoms with Gasteiger partial charge in [0.1, 0.15) is 5.56 Å². The van der Waals surface area contributed by atoms with Crippen LogP contribution in [0.5, 0.6) is 0 Å². The number of halogens is 4. The van der Waals surface area contributed by atoms with Crippen LogP contribution in [0.2, 0.25) is 5.02 Å². The van der Waals surface area contributed by atoms with Gasteiger partial charge >= 0.3 is 23.5 Å². The summed E-state index contributed by atoms with van der Waals surface area (Å²) < 4.78 is 44.2. The molecular formula is C24H20ClF3N4O5. The quantitative estimate of drug-likeness (QED) is 0.419. The summed E-state index contributed by atoms with van der Waals surface area (Å²) in [4.78, 5) is 50.7. The minimum absolute atomic E-state index is 0.139. The van der Waals surface area contributed by atoms with E-state index in [1.807, 2.05) is 13.8 Å². The maximum Gasteiger partial charge on any atom is 0.417 e. The normalized spacial score (nSPS) is 12.0. The fourth-order valence-electron chi connectivity index (χ4n) is 4.16. The zero-order valence-electron chi connectivity index (χ0n) is 19.7. The first kappa shape index (κ1) is 26.0. The van der Waals surface area contributed by atoms with Gasteiger partial charge in [-0.3, -0.25) is 23.1 Å². The highest BCUT2D eigenvalue weighted by molar-refractivity contribution is 6.32. The number of carbonyl (C=O) groups is 1. The number of hydrogen-bond donors (Lipinski definition) is 1.